The van der Waals surface area contributed by atoms with Crippen LogP contribution in [0.15, 0.2) is 23.3 Å². The molecule has 0 radical (unpaired) electrons. The average molecular weight is 387 g/mol. The first kappa shape index (κ1) is 19.7. The van der Waals surface area contributed by atoms with Crippen molar-refractivity contribution in [3.05, 3.63) is 44.3 Å². The number of halogens is 2. The maximum Gasteiger partial charge on any atom is 0.410 e. The Morgan fingerprint density at radius 2 is 2.12 bits per heavy atom. The van der Waals surface area contributed by atoms with Crippen molar-refractivity contribution in [3.63, 3.8) is 0 Å². The second-order valence-corrected chi connectivity index (χ2v) is 7.48. The van der Waals surface area contributed by atoms with Crippen LogP contribution >= 0.6 is 23.2 Å². The molecule has 0 aliphatic carbocycles. The van der Waals surface area contributed by atoms with Gasteiger partial charge in [0, 0.05) is 18.0 Å². The van der Waals surface area contributed by atoms with E-state index in [0.717, 1.165) is 5.56 Å². The van der Waals surface area contributed by atoms with Gasteiger partial charge in [-0.05, 0) is 44.0 Å². The summed E-state index contributed by atoms with van der Waals surface area (Å²) in [6.45, 7) is 6.18. The minimum absolute atomic E-state index is 0.184. The van der Waals surface area contributed by atoms with Gasteiger partial charge in [0.1, 0.15) is 5.60 Å². The molecule has 7 nitrogen and oxygen atoms in total. The Labute approximate surface area is 156 Å². The van der Waals surface area contributed by atoms with Gasteiger partial charge < -0.3 is 14.4 Å². The Hall–Kier alpha value is -1.66. The van der Waals surface area contributed by atoms with Crippen LogP contribution in [-0.2, 0) is 9.47 Å². The van der Waals surface area contributed by atoms with Crippen LogP contribution in [0.3, 0.4) is 0 Å². The molecule has 0 saturated carbocycles. The summed E-state index contributed by atoms with van der Waals surface area (Å²) in [5.74, 6) is 0. The molecule has 1 fully saturated rings. The molecule has 0 N–H and O–H groups in total. The van der Waals surface area contributed by atoms with Gasteiger partial charge in [0.05, 0.1) is 28.8 Å². The number of azide groups is 1. The number of rotatable bonds is 2. The number of hydrogen-bond donors (Lipinski definition) is 0. The lowest BCUT2D eigenvalue weighted by Gasteiger charge is -2.27. The Bertz CT molecular complexity index is 686. The Kier molecular flexibility index (Phi) is 6.41. The van der Waals surface area contributed by atoms with Gasteiger partial charge in [-0.1, -0.05) is 34.4 Å². The molecule has 2 unspecified atom stereocenters. The molecular weight excluding hydrogens is 367 g/mol. The maximum atomic E-state index is 12.3. The fourth-order valence-electron chi connectivity index (χ4n) is 2.48. The standard InChI is InChI=1S/C16H20Cl2N4O3/c1-16(2,3)25-15(23)22-6-7-24-14(13(9-22)20-21-19)10-4-5-11(17)12(18)8-10/h4-5,8,13-14H,6-7,9H2,1-3H3. The molecule has 0 aromatic heterocycles. The van der Waals surface area contributed by atoms with Gasteiger partial charge >= 0.3 is 6.09 Å². The number of nitrogens with zero attached hydrogens (tertiary/aromatic N) is 4. The summed E-state index contributed by atoms with van der Waals surface area (Å²) in [6.07, 6.45) is -0.998. The van der Waals surface area contributed by atoms with Crippen LogP contribution in [0.5, 0.6) is 0 Å². The number of benzene rings is 1. The lowest BCUT2D eigenvalue weighted by molar-refractivity contribution is 0.0231. The summed E-state index contributed by atoms with van der Waals surface area (Å²) >= 11 is 12.0. The fraction of sp³-hybridized carbons (Fsp3) is 0.562. The van der Waals surface area contributed by atoms with Gasteiger partial charge in [0.25, 0.3) is 0 Å². The van der Waals surface area contributed by atoms with E-state index in [9.17, 15) is 4.79 Å². The van der Waals surface area contributed by atoms with Gasteiger partial charge in [-0.2, -0.15) is 0 Å². The normalized spacial score (nSPS) is 21.2. The highest BCUT2D eigenvalue weighted by Gasteiger charge is 2.32. The van der Waals surface area contributed by atoms with Crippen LogP contribution in [0.4, 0.5) is 4.79 Å². The van der Waals surface area contributed by atoms with E-state index >= 15 is 0 Å². The van der Waals surface area contributed by atoms with Crippen LogP contribution in [0, 0.1) is 0 Å². The first-order chi connectivity index (χ1) is 11.7. The third-order valence-electron chi connectivity index (χ3n) is 3.54. The SMILES string of the molecule is CC(C)(C)OC(=O)N1CCOC(c2ccc(Cl)c(Cl)c2)C(N=[N+]=[N-])C1. The minimum atomic E-state index is -0.614. The summed E-state index contributed by atoms with van der Waals surface area (Å²) in [4.78, 5) is 16.7. The van der Waals surface area contributed by atoms with E-state index in [1.165, 1.54) is 4.90 Å². The molecule has 1 aromatic rings. The van der Waals surface area contributed by atoms with Crippen molar-refractivity contribution in [3.8, 4) is 0 Å². The molecule has 1 aliphatic rings. The van der Waals surface area contributed by atoms with E-state index in [1.807, 2.05) is 0 Å². The molecule has 2 atom stereocenters. The zero-order valence-electron chi connectivity index (χ0n) is 14.3. The third-order valence-corrected chi connectivity index (χ3v) is 4.28. The number of ether oxygens (including phenoxy) is 2. The van der Waals surface area contributed by atoms with Crippen LogP contribution < -0.4 is 0 Å². The number of amides is 1. The highest BCUT2D eigenvalue weighted by molar-refractivity contribution is 6.42. The van der Waals surface area contributed by atoms with Crippen LogP contribution in [0.1, 0.15) is 32.4 Å². The summed E-state index contributed by atoms with van der Waals surface area (Å²) in [5, 5.41) is 4.62. The van der Waals surface area contributed by atoms with Crippen molar-refractivity contribution in [2.24, 2.45) is 5.11 Å². The molecule has 136 valence electrons. The molecule has 1 heterocycles. The topological polar surface area (TPSA) is 87.5 Å². The monoisotopic (exact) mass is 386 g/mol. The maximum absolute atomic E-state index is 12.3. The zero-order chi connectivity index (χ0) is 18.6. The molecule has 1 saturated heterocycles. The molecule has 1 amide bonds. The predicted molar refractivity (Wildman–Crippen MR) is 95.9 cm³/mol. The second-order valence-electron chi connectivity index (χ2n) is 6.66. The first-order valence-corrected chi connectivity index (χ1v) is 8.55. The molecule has 1 aromatic carbocycles. The minimum Gasteiger partial charge on any atom is -0.444 e. The molecule has 9 heteroatoms. The van der Waals surface area contributed by atoms with Gasteiger partial charge in [0.2, 0.25) is 0 Å². The van der Waals surface area contributed by atoms with Crippen molar-refractivity contribution in [1.82, 2.24) is 4.90 Å². The summed E-state index contributed by atoms with van der Waals surface area (Å²) in [7, 11) is 0. The molecule has 0 spiro atoms. The van der Waals surface area contributed by atoms with Crippen molar-refractivity contribution in [2.45, 2.75) is 38.5 Å². The third kappa shape index (κ3) is 5.41. The number of carbonyl (C=O) groups is 1. The predicted octanol–water partition coefficient (Wildman–Crippen LogP) is 4.98. The van der Waals surface area contributed by atoms with Gasteiger partial charge in [-0.25, -0.2) is 4.79 Å². The van der Waals surface area contributed by atoms with E-state index in [0.29, 0.717) is 16.6 Å². The average Bonchev–Trinajstić information content (AvgIpc) is 2.71. The highest BCUT2D eigenvalue weighted by atomic mass is 35.5. The fourth-order valence-corrected chi connectivity index (χ4v) is 2.78. The van der Waals surface area contributed by atoms with Crippen molar-refractivity contribution < 1.29 is 14.3 Å². The van der Waals surface area contributed by atoms with E-state index in [4.69, 9.17) is 38.2 Å². The van der Waals surface area contributed by atoms with Gasteiger partial charge in [-0.15, -0.1) is 0 Å². The Morgan fingerprint density at radius 1 is 1.40 bits per heavy atom. The Morgan fingerprint density at radius 3 is 2.72 bits per heavy atom. The summed E-state index contributed by atoms with van der Waals surface area (Å²) in [6, 6.07) is 4.49. The number of hydrogen-bond acceptors (Lipinski definition) is 4. The quantitative estimate of drug-likeness (QED) is 0.407. The van der Waals surface area contributed by atoms with E-state index < -0.39 is 23.8 Å². The van der Waals surface area contributed by atoms with Gasteiger partial charge in [0.15, 0.2) is 0 Å². The van der Waals surface area contributed by atoms with Crippen LogP contribution in [0.25, 0.3) is 10.4 Å². The number of carbonyl (C=O) groups excluding carboxylic acids is 1. The largest absolute Gasteiger partial charge is 0.444 e. The second kappa shape index (κ2) is 8.15. The molecule has 25 heavy (non-hydrogen) atoms. The lowest BCUT2D eigenvalue weighted by Crippen LogP contribution is -2.41. The molecule has 1 aliphatic heterocycles. The smallest absolute Gasteiger partial charge is 0.410 e. The van der Waals surface area contributed by atoms with Crippen LogP contribution in [-0.4, -0.2) is 42.3 Å². The molecule has 0 bridgehead atoms. The van der Waals surface area contributed by atoms with Crippen molar-refractivity contribution >= 4 is 29.3 Å². The van der Waals surface area contributed by atoms with Gasteiger partial charge in [-0.3, -0.25) is 0 Å². The van der Waals surface area contributed by atoms with E-state index in [2.05, 4.69) is 10.0 Å². The van der Waals surface area contributed by atoms with Crippen LogP contribution in [0.2, 0.25) is 10.0 Å². The lowest BCUT2D eigenvalue weighted by atomic mass is 10.0. The summed E-state index contributed by atoms with van der Waals surface area (Å²) in [5.41, 5.74) is 9.03. The van der Waals surface area contributed by atoms with Crippen molar-refractivity contribution in [1.29, 1.82) is 0 Å². The summed E-state index contributed by atoms with van der Waals surface area (Å²) < 4.78 is 11.2. The highest BCUT2D eigenvalue weighted by Crippen LogP contribution is 2.32. The Balaban J connectivity index is 2.24. The molecular formula is C16H20Cl2N4O3. The molecule has 2 rings (SSSR count). The first-order valence-electron chi connectivity index (χ1n) is 7.80. The van der Waals surface area contributed by atoms with E-state index in [-0.39, 0.29) is 13.2 Å². The van der Waals surface area contributed by atoms with Crippen molar-refractivity contribution in [2.75, 3.05) is 19.7 Å². The zero-order valence-corrected chi connectivity index (χ0v) is 15.8. The van der Waals surface area contributed by atoms with E-state index in [1.54, 1.807) is 39.0 Å².